The number of nitrogens with one attached hydrogen (secondary N) is 1. The summed E-state index contributed by atoms with van der Waals surface area (Å²) in [5.41, 5.74) is 0.0948. The summed E-state index contributed by atoms with van der Waals surface area (Å²) in [7, 11) is 0. The third-order valence-corrected chi connectivity index (χ3v) is 5.39. The number of ether oxygens (including phenoxy) is 1. The van der Waals surface area contributed by atoms with E-state index in [1.807, 2.05) is 0 Å². The van der Waals surface area contributed by atoms with Crippen LogP contribution in [0.25, 0.3) is 0 Å². The third-order valence-electron chi connectivity index (χ3n) is 4.75. The van der Waals surface area contributed by atoms with Crippen molar-refractivity contribution in [3.8, 4) is 0 Å². The Morgan fingerprint density at radius 2 is 1.79 bits per heavy atom. The summed E-state index contributed by atoms with van der Waals surface area (Å²) in [6.07, 6.45) is -4.41. The highest BCUT2D eigenvalue weighted by molar-refractivity contribution is 9.10. The van der Waals surface area contributed by atoms with Gasteiger partial charge in [0.1, 0.15) is 5.82 Å². The summed E-state index contributed by atoms with van der Waals surface area (Å²) < 4.78 is 57.9. The highest BCUT2D eigenvalue weighted by Crippen LogP contribution is 2.31. The molecule has 1 heterocycles. The van der Waals surface area contributed by atoms with Crippen LogP contribution in [0.3, 0.4) is 0 Å². The number of carbonyl (C=O) groups excluding carboxylic acids is 1. The third kappa shape index (κ3) is 5.55. The average molecular weight is 475 g/mol. The maximum Gasteiger partial charge on any atom is 0.416 e. The molecule has 1 amide bonds. The molecule has 0 spiro atoms. The summed E-state index contributed by atoms with van der Waals surface area (Å²) in [5, 5.41) is 2.76. The second-order valence-corrected chi connectivity index (χ2v) is 7.48. The second-order valence-electron chi connectivity index (χ2n) is 6.62. The molecule has 0 saturated carbocycles. The number of benzene rings is 2. The van der Waals surface area contributed by atoms with Crippen molar-refractivity contribution < 1.29 is 27.1 Å². The van der Waals surface area contributed by atoms with Gasteiger partial charge in [0.15, 0.2) is 0 Å². The number of alkyl halides is 3. The van der Waals surface area contributed by atoms with Crippen molar-refractivity contribution in [2.75, 3.05) is 32.8 Å². The quantitative estimate of drug-likeness (QED) is 0.652. The number of hydrogen-bond donors (Lipinski definition) is 1. The largest absolute Gasteiger partial charge is 0.416 e. The van der Waals surface area contributed by atoms with Crippen LogP contribution in [0.2, 0.25) is 0 Å². The first kappa shape index (κ1) is 21.7. The zero-order valence-electron chi connectivity index (χ0n) is 15.3. The van der Waals surface area contributed by atoms with E-state index in [0.29, 0.717) is 31.9 Å². The van der Waals surface area contributed by atoms with Gasteiger partial charge in [-0.25, -0.2) is 4.39 Å². The lowest BCUT2D eigenvalue weighted by Gasteiger charge is -2.35. The van der Waals surface area contributed by atoms with E-state index >= 15 is 0 Å². The molecule has 1 saturated heterocycles. The summed E-state index contributed by atoms with van der Waals surface area (Å²) in [4.78, 5) is 14.5. The summed E-state index contributed by atoms with van der Waals surface area (Å²) in [5.74, 6) is -1.01. The number of morpholine rings is 1. The molecule has 0 aromatic heterocycles. The molecule has 29 heavy (non-hydrogen) atoms. The standard InChI is InChI=1S/C20H19BrF4N2O2/c21-16-6-3-14(11-17(16)22)19(28)26-12-18(27-7-9-29-10-8-27)13-1-4-15(5-2-13)20(23,24)25/h1-6,11,18H,7-10,12H2,(H,26,28). The van der Waals surface area contributed by atoms with Crippen LogP contribution in [0.4, 0.5) is 17.6 Å². The lowest BCUT2D eigenvalue weighted by Crippen LogP contribution is -2.43. The van der Waals surface area contributed by atoms with E-state index in [2.05, 4.69) is 26.1 Å². The number of nitrogens with zero attached hydrogens (tertiary/aromatic N) is 1. The van der Waals surface area contributed by atoms with Gasteiger partial charge in [0.2, 0.25) is 0 Å². The smallest absolute Gasteiger partial charge is 0.379 e. The van der Waals surface area contributed by atoms with Crippen molar-refractivity contribution in [3.63, 3.8) is 0 Å². The minimum atomic E-state index is -4.41. The van der Waals surface area contributed by atoms with Crippen molar-refractivity contribution in [1.82, 2.24) is 10.2 Å². The number of carbonyl (C=O) groups is 1. The van der Waals surface area contributed by atoms with Gasteiger partial charge >= 0.3 is 6.18 Å². The summed E-state index contributed by atoms with van der Waals surface area (Å²) >= 11 is 3.04. The van der Waals surface area contributed by atoms with Crippen molar-refractivity contribution >= 4 is 21.8 Å². The molecular formula is C20H19BrF4N2O2. The summed E-state index contributed by atoms with van der Waals surface area (Å²) in [6, 6.07) is 8.66. The number of amides is 1. The molecule has 1 aliphatic rings. The van der Waals surface area contributed by atoms with Gasteiger partial charge in [-0.05, 0) is 51.8 Å². The lowest BCUT2D eigenvalue weighted by molar-refractivity contribution is -0.137. The molecule has 9 heteroatoms. The Hall–Kier alpha value is -1.97. The van der Waals surface area contributed by atoms with Crippen LogP contribution in [0, 0.1) is 5.82 Å². The first-order chi connectivity index (χ1) is 13.8. The van der Waals surface area contributed by atoms with Crippen molar-refractivity contribution in [1.29, 1.82) is 0 Å². The molecule has 2 aromatic rings. The number of rotatable bonds is 5. The monoisotopic (exact) mass is 474 g/mol. The van der Waals surface area contributed by atoms with Crippen LogP contribution < -0.4 is 5.32 Å². The molecular weight excluding hydrogens is 456 g/mol. The summed E-state index contributed by atoms with van der Waals surface area (Å²) in [6.45, 7) is 2.36. The van der Waals surface area contributed by atoms with Gasteiger partial charge in [0.25, 0.3) is 5.91 Å². The van der Waals surface area contributed by atoms with Gasteiger partial charge in [-0.3, -0.25) is 9.69 Å². The molecule has 3 rings (SSSR count). The van der Waals surface area contributed by atoms with E-state index in [4.69, 9.17) is 4.74 Å². The van der Waals surface area contributed by atoms with Gasteiger partial charge in [-0.2, -0.15) is 13.2 Å². The van der Waals surface area contributed by atoms with Crippen molar-refractivity contribution in [2.45, 2.75) is 12.2 Å². The van der Waals surface area contributed by atoms with Crippen LogP contribution in [0.1, 0.15) is 27.5 Å². The van der Waals surface area contributed by atoms with E-state index in [1.54, 1.807) is 0 Å². The van der Waals surface area contributed by atoms with E-state index in [9.17, 15) is 22.4 Å². The number of halogens is 5. The van der Waals surface area contributed by atoms with Crippen LogP contribution in [0.15, 0.2) is 46.9 Å². The van der Waals surface area contributed by atoms with Crippen molar-refractivity contribution in [3.05, 3.63) is 69.4 Å². The first-order valence-electron chi connectivity index (χ1n) is 8.98. The fraction of sp³-hybridized carbons (Fsp3) is 0.350. The SMILES string of the molecule is O=C(NCC(c1ccc(C(F)(F)F)cc1)N1CCOCC1)c1ccc(Br)c(F)c1. The normalized spacial score (nSPS) is 16.4. The molecule has 1 aliphatic heterocycles. The minimum Gasteiger partial charge on any atom is -0.379 e. The molecule has 1 atom stereocenters. The first-order valence-corrected chi connectivity index (χ1v) is 9.77. The fourth-order valence-electron chi connectivity index (χ4n) is 3.17. The van der Waals surface area contributed by atoms with Gasteiger partial charge in [-0.15, -0.1) is 0 Å². The van der Waals surface area contributed by atoms with Crippen LogP contribution in [-0.4, -0.2) is 43.7 Å². The Labute approximate surface area is 174 Å². The van der Waals surface area contributed by atoms with Gasteiger partial charge < -0.3 is 10.1 Å². The zero-order chi connectivity index (χ0) is 21.0. The van der Waals surface area contributed by atoms with Gasteiger partial charge in [-0.1, -0.05) is 12.1 Å². The highest BCUT2D eigenvalue weighted by Gasteiger charge is 2.31. The molecule has 2 aromatic carbocycles. The molecule has 156 valence electrons. The molecule has 0 bridgehead atoms. The molecule has 1 N–H and O–H groups in total. The Morgan fingerprint density at radius 3 is 2.38 bits per heavy atom. The topological polar surface area (TPSA) is 41.6 Å². The lowest BCUT2D eigenvalue weighted by atomic mass is 10.0. The highest BCUT2D eigenvalue weighted by atomic mass is 79.9. The molecule has 1 fully saturated rings. The molecule has 0 aliphatic carbocycles. The minimum absolute atomic E-state index is 0.166. The van der Waals surface area contributed by atoms with E-state index < -0.39 is 23.5 Å². The maximum absolute atomic E-state index is 13.7. The van der Waals surface area contributed by atoms with E-state index in [-0.39, 0.29) is 22.6 Å². The van der Waals surface area contributed by atoms with E-state index in [1.165, 1.54) is 24.3 Å². The predicted octanol–water partition coefficient (Wildman–Crippen LogP) is 4.41. The Bertz CT molecular complexity index is 853. The fourth-order valence-corrected chi connectivity index (χ4v) is 3.42. The number of hydrogen-bond acceptors (Lipinski definition) is 3. The van der Waals surface area contributed by atoms with Crippen molar-refractivity contribution in [2.24, 2.45) is 0 Å². The van der Waals surface area contributed by atoms with Crippen LogP contribution in [-0.2, 0) is 10.9 Å². The average Bonchev–Trinajstić information content (AvgIpc) is 2.70. The maximum atomic E-state index is 13.7. The zero-order valence-corrected chi connectivity index (χ0v) is 16.9. The van der Waals surface area contributed by atoms with Crippen LogP contribution in [0.5, 0.6) is 0 Å². The van der Waals surface area contributed by atoms with Crippen LogP contribution >= 0.6 is 15.9 Å². The second kappa shape index (κ2) is 9.23. The van der Waals surface area contributed by atoms with E-state index in [0.717, 1.165) is 18.2 Å². The Morgan fingerprint density at radius 1 is 1.14 bits per heavy atom. The molecule has 0 radical (unpaired) electrons. The van der Waals surface area contributed by atoms with Gasteiger partial charge in [0.05, 0.1) is 29.3 Å². The van der Waals surface area contributed by atoms with Gasteiger partial charge in [0, 0.05) is 25.2 Å². The Kier molecular flexibility index (Phi) is 6.92. The molecule has 4 nitrogen and oxygen atoms in total. The Balaban J connectivity index is 1.76. The predicted molar refractivity (Wildman–Crippen MR) is 103 cm³/mol. The molecule has 1 unspecified atom stereocenters.